The van der Waals surface area contributed by atoms with Crippen molar-refractivity contribution in [3.05, 3.63) is 113 Å². The van der Waals surface area contributed by atoms with Crippen LogP contribution in [0.5, 0.6) is 5.88 Å². The van der Waals surface area contributed by atoms with E-state index in [1.54, 1.807) is 24.4 Å². The van der Waals surface area contributed by atoms with Gasteiger partial charge in [0, 0.05) is 35.5 Å². The van der Waals surface area contributed by atoms with Crippen LogP contribution in [0.15, 0.2) is 95.2 Å². The molecule has 0 fully saturated rings. The fourth-order valence-electron chi connectivity index (χ4n) is 4.99. The summed E-state index contributed by atoms with van der Waals surface area (Å²) < 4.78 is 15.3. The molecule has 2 aliphatic rings. The number of benzene rings is 2. The van der Waals surface area contributed by atoms with E-state index in [1.807, 2.05) is 61.5 Å². The summed E-state index contributed by atoms with van der Waals surface area (Å²) in [5, 5.41) is 5.72. The molecule has 49 heavy (non-hydrogen) atoms. The van der Waals surface area contributed by atoms with E-state index in [2.05, 4.69) is 30.6 Å². The lowest BCUT2D eigenvalue weighted by molar-refractivity contribution is 0.101. The van der Waals surface area contributed by atoms with Crippen molar-refractivity contribution in [1.29, 1.82) is 0 Å². The van der Waals surface area contributed by atoms with Gasteiger partial charge in [0.05, 0.1) is 30.3 Å². The Labute approximate surface area is 284 Å². The minimum atomic E-state index is -0.212. The topological polar surface area (TPSA) is 188 Å². The summed E-state index contributed by atoms with van der Waals surface area (Å²) >= 11 is 0. The first-order valence-corrected chi connectivity index (χ1v) is 15.9. The molecule has 2 atom stereocenters. The van der Waals surface area contributed by atoms with Crippen molar-refractivity contribution < 1.29 is 23.8 Å². The Bertz CT molecular complexity index is 1760. The van der Waals surface area contributed by atoms with Gasteiger partial charge in [-0.15, -0.1) is 0 Å². The van der Waals surface area contributed by atoms with E-state index in [0.717, 1.165) is 42.8 Å². The molecule has 0 saturated carbocycles. The number of aliphatic imine (C=N–C) groups is 2. The number of amides is 2. The van der Waals surface area contributed by atoms with Crippen LogP contribution in [0.3, 0.4) is 0 Å². The van der Waals surface area contributed by atoms with Gasteiger partial charge in [0.25, 0.3) is 23.9 Å². The first-order chi connectivity index (χ1) is 23.7. The Morgan fingerprint density at radius 1 is 0.714 bits per heavy atom. The third-order valence-electron chi connectivity index (χ3n) is 7.80. The Morgan fingerprint density at radius 3 is 1.55 bits per heavy atom. The largest absolute Gasteiger partial charge is 0.481 e. The zero-order valence-electron chi connectivity index (χ0n) is 27.5. The van der Waals surface area contributed by atoms with Crippen LogP contribution in [0.2, 0.25) is 0 Å². The average molecular weight is 665 g/mol. The molecule has 13 nitrogen and oxygen atoms in total. The quantitative estimate of drug-likeness (QED) is 0.181. The van der Waals surface area contributed by atoms with E-state index in [1.165, 1.54) is 24.4 Å². The van der Waals surface area contributed by atoms with Crippen molar-refractivity contribution in [2.45, 2.75) is 44.7 Å². The van der Waals surface area contributed by atoms with Gasteiger partial charge in [-0.25, -0.2) is 15.0 Å². The third kappa shape index (κ3) is 10.5. The number of aryl methyl sites for hydroxylation is 3. The molecule has 0 aliphatic carbocycles. The highest BCUT2D eigenvalue weighted by Gasteiger charge is 2.17. The van der Waals surface area contributed by atoms with Gasteiger partial charge in [-0.3, -0.25) is 14.6 Å². The number of carbonyl (C=O) groups excluding carboxylic acids is 2. The van der Waals surface area contributed by atoms with E-state index in [0.29, 0.717) is 30.2 Å². The molecule has 2 aromatic carbocycles. The molecule has 254 valence electrons. The van der Waals surface area contributed by atoms with Crippen LogP contribution in [0.1, 0.15) is 50.4 Å². The Morgan fingerprint density at radius 2 is 1.18 bits per heavy atom. The number of anilines is 2. The monoisotopic (exact) mass is 664 g/mol. The van der Waals surface area contributed by atoms with Crippen LogP contribution in [0, 0.1) is 6.92 Å². The summed E-state index contributed by atoms with van der Waals surface area (Å²) in [5.74, 6) is 0.0960. The minimum absolute atomic E-state index is 0.127. The number of nitrogens with one attached hydrogen (secondary N) is 2. The van der Waals surface area contributed by atoms with Crippen LogP contribution in [0.4, 0.5) is 11.4 Å². The van der Waals surface area contributed by atoms with E-state index in [9.17, 15) is 9.59 Å². The second kappa shape index (κ2) is 16.7. The lowest BCUT2D eigenvalue weighted by Gasteiger charge is -2.08. The highest BCUT2D eigenvalue weighted by Crippen LogP contribution is 2.17. The molecule has 6 rings (SSSR count). The molecule has 13 heteroatoms. The Kier molecular flexibility index (Phi) is 11.7. The summed E-state index contributed by atoms with van der Waals surface area (Å²) in [7, 11) is 1.53. The summed E-state index contributed by atoms with van der Waals surface area (Å²) in [6, 6.07) is 23.3. The molecule has 4 heterocycles. The molecule has 2 amide bonds. The normalized spacial score (nSPS) is 16.2. The summed E-state index contributed by atoms with van der Waals surface area (Å²) in [6.45, 7) is 3.00. The van der Waals surface area contributed by atoms with Gasteiger partial charge in [-0.1, -0.05) is 24.3 Å². The number of rotatable bonds is 11. The van der Waals surface area contributed by atoms with E-state index in [-0.39, 0.29) is 35.9 Å². The molecule has 6 N–H and O–H groups in total. The highest BCUT2D eigenvalue weighted by molar-refractivity contribution is 6.04. The molecule has 4 aromatic rings. The van der Waals surface area contributed by atoms with E-state index in [4.69, 9.17) is 25.7 Å². The van der Waals surface area contributed by atoms with Gasteiger partial charge in [-0.05, 0) is 86.2 Å². The van der Waals surface area contributed by atoms with Gasteiger partial charge in [0.1, 0.15) is 13.2 Å². The summed E-state index contributed by atoms with van der Waals surface area (Å²) in [4.78, 5) is 40.9. The molecular formula is C36H40N8O5. The molecule has 2 aromatic heterocycles. The maximum atomic E-state index is 12.2. The number of pyridine rings is 2. The highest BCUT2D eigenvalue weighted by atomic mass is 16.5. The molecule has 0 bridgehead atoms. The lowest BCUT2D eigenvalue weighted by Crippen LogP contribution is -2.12. The second-order valence-corrected chi connectivity index (χ2v) is 11.5. The molecule has 0 unspecified atom stereocenters. The number of methoxy groups -OCH3 is 1. The SMILES string of the molecule is COc1ccc(C(=O)Nc2ccc(CC[C@H]3COC(N)=N3)cc2)cn1.Cc1ccc(C(=O)Nc2ccc(CC[C@H]3COC(N)=N3)cc2)cn1. The zero-order valence-corrected chi connectivity index (χ0v) is 27.5. The number of carbonyl (C=O) groups is 2. The first-order valence-electron chi connectivity index (χ1n) is 15.9. The first kappa shape index (κ1) is 34.4. The van der Waals surface area contributed by atoms with Crippen molar-refractivity contribution in [2.24, 2.45) is 21.5 Å². The van der Waals surface area contributed by atoms with E-state index < -0.39 is 0 Å². The van der Waals surface area contributed by atoms with Gasteiger partial charge in [-0.2, -0.15) is 0 Å². The second-order valence-electron chi connectivity index (χ2n) is 11.5. The molecule has 0 radical (unpaired) electrons. The van der Waals surface area contributed by atoms with Crippen LogP contribution in [-0.4, -0.2) is 66.2 Å². The van der Waals surface area contributed by atoms with Crippen molar-refractivity contribution in [3.8, 4) is 5.88 Å². The van der Waals surface area contributed by atoms with Crippen molar-refractivity contribution >= 4 is 35.2 Å². The third-order valence-corrected chi connectivity index (χ3v) is 7.80. The number of hydrogen-bond acceptors (Lipinski definition) is 11. The molecular weight excluding hydrogens is 624 g/mol. The van der Waals surface area contributed by atoms with Crippen molar-refractivity contribution in [3.63, 3.8) is 0 Å². The fourth-order valence-corrected chi connectivity index (χ4v) is 4.99. The predicted octanol–water partition coefficient (Wildman–Crippen LogP) is 4.28. The molecule has 0 saturated heterocycles. The van der Waals surface area contributed by atoms with Crippen LogP contribution in [-0.2, 0) is 22.3 Å². The maximum absolute atomic E-state index is 12.2. The number of amidine groups is 2. The standard InChI is InChI=1S/C18H20N4O3.C18H20N4O2/c1-24-16-9-5-13(10-20-16)17(23)21-14-6-2-12(3-7-14)4-8-15-11-25-18(19)22-15;1-12-2-6-14(10-20-12)17(23)21-15-7-3-13(4-8-15)5-9-16-11-24-18(19)22-16/h2-3,5-7,9-10,15H,4,8,11H2,1H3,(H2,19,22)(H,21,23);2-4,6-8,10,16H,5,9,11H2,1H3,(H2,19,22)(H,21,23)/t15-;16-/m00/s1. The van der Waals surface area contributed by atoms with Crippen LogP contribution in [0.25, 0.3) is 0 Å². The van der Waals surface area contributed by atoms with Crippen LogP contribution >= 0.6 is 0 Å². The van der Waals surface area contributed by atoms with Crippen LogP contribution < -0.4 is 26.8 Å². The van der Waals surface area contributed by atoms with Gasteiger partial charge >= 0.3 is 0 Å². The average Bonchev–Trinajstić information content (AvgIpc) is 3.75. The smallest absolute Gasteiger partial charge is 0.282 e. The number of aromatic nitrogens is 2. The van der Waals surface area contributed by atoms with Crippen molar-refractivity contribution in [2.75, 3.05) is 31.0 Å². The van der Waals surface area contributed by atoms with Crippen molar-refractivity contribution in [1.82, 2.24) is 9.97 Å². The number of hydrogen-bond donors (Lipinski definition) is 4. The Balaban J connectivity index is 0.000000191. The Hall–Kier alpha value is -5.98. The summed E-state index contributed by atoms with van der Waals surface area (Å²) in [6.07, 6.45) is 6.60. The van der Waals surface area contributed by atoms with Gasteiger partial charge in [0.15, 0.2) is 0 Å². The molecule has 0 spiro atoms. The summed E-state index contributed by atoms with van der Waals surface area (Å²) in [5.41, 5.74) is 16.8. The predicted molar refractivity (Wildman–Crippen MR) is 188 cm³/mol. The lowest BCUT2D eigenvalue weighted by atomic mass is 10.1. The number of nitrogens with zero attached hydrogens (tertiary/aromatic N) is 4. The zero-order chi connectivity index (χ0) is 34.6. The maximum Gasteiger partial charge on any atom is 0.282 e. The molecule has 2 aliphatic heterocycles. The fraction of sp³-hybridized carbons (Fsp3) is 0.278. The van der Waals surface area contributed by atoms with Gasteiger partial charge < -0.3 is 36.3 Å². The van der Waals surface area contributed by atoms with E-state index >= 15 is 0 Å². The number of ether oxygens (including phenoxy) is 3. The van der Waals surface area contributed by atoms with Gasteiger partial charge in [0.2, 0.25) is 5.88 Å². The number of nitrogens with two attached hydrogens (primary N) is 2. The minimum Gasteiger partial charge on any atom is -0.481 e.